The second kappa shape index (κ2) is 6.38. The zero-order valence-electron chi connectivity index (χ0n) is 12.0. The zero-order valence-corrected chi connectivity index (χ0v) is 12.0. The minimum Gasteiger partial charge on any atom is -0.338 e. The Hall–Kier alpha value is -1.08. The molecule has 0 spiro atoms. The first-order chi connectivity index (χ1) is 9.13. The average molecular weight is 263 g/mol. The fourth-order valence-electron chi connectivity index (χ4n) is 3.24. The SMILES string of the molecule is CN1CCC(C#N)(NC(=O)CC2CCCCC2)CC1. The van der Waals surface area contributed by atoms with Gasteiger partial charge in [-0.05, 0) is 38.6 Å². The maximum absolute atomic E-state index is 12.1. The Balaban J connectivity index is 1.84. The molecule has 0 radical (unpaired) electrons. The fraction of sp³-hybridized carbons (Fsp3) is 0.867. The summed E-state index contributed by atoms with van der Waals surface area (Å²) in [7, 11) is 2.06. The van der Waals surface area contributed by atoms with Crippen molar-refractivity contribution in [2.24, 2.45) is 5.92 Å². The molecule has 0 unspecified atom stereocenters. The third kappa shape index (κ3) is 3.94. The molecule has 1 saturated heterocycles. The second-order valence-corrected chi connectivity index (χ2v) is 6.25. The van der Waals surface area contributed by atoms with E-state index in [-0.39, 0.29) is 5.91 Å². The van der Waals surface area contributed by atoms with E-state index in [0.717, 1.165) is 25.9 Å². The lowest BCUT2D eigenvalue weighted by Crippen LogP contribution is -2.54. The summed E-state index contributed by atoms with van der Waals surface area (Å²) in [5.74, 6) is 0.619. The molecule has 2 rings (SSSR count). The third-order valence-electron chi connectivity index (χ3n) is 4.63. The summed E-state index contributed by atoms with van der Waals surface area (Å²) in [6.07, 6.45) is 8.28. The van der Waals surface area contributed by atoms with Gasteiger partial charge in [0.25, 0.3) is 0 Å². The Labute approximate surface area is 116 Å². The van der Waals surface area contributed by atoms with Crippen molar-refractivity contribution in [2.75, 3.05) is 20.1 Å². The number of rotatable bonds is 3. The summed E-state index contributed by atoms with van der Waals surface area (Å²) >= 11 is 0. The largest absolute Gasteiger partial charge is 0.338 e. The molecule has 0 aromatic heterocycles. The number of piperidine rings is 1. The number of nitrogens with one attached hydrogen (secondary N) is 1. The monoisotopic (exact) mass is 263 g/mol. The molecule has 4 heteroatoms. The molecule has 4 nitrogen and oxygen atoms in total. The van der Waals surface area contributed by atoms with Gasteiger partial charge in [-0.1, -0.05) is 19.3 Å². The van der Waals surface area contributed by atoms with Crippen LogP contribution in [0.5, 0.6) is 0 Å². The lowest BCUT2D eigenvalue weighted by molar-refractivity contribution is -0.124. The summed E-state index contributed by atoms with van der Waals surface area (Å²) in [5, 5.41) is 12.4. The maximum Gasteiger partial charge on any atom is 0.221 e. The van der Waals surface area contributed by atoms with Crippen molar-refractivity contribution in [3.05, 3.63) is 0 Å². The van der Waals surface area contributed by atoms with Crippen LogP contribution in [-0.2, 0) is 4.79 Å². The molecule has 0 atom stereocenters. The van der Waals surface area contributed by atoms with Crippen molar-refractivity contribution >= 4 is 5.91 Å². The van der Waals surface area contributed by atoms with Crippen LogP contribution in [-0.4, -0.2) is 36.5 Å². The molecule has 2 aliphatic rings. The van der Waals surface area contributed by atoms with Gasteiger partial charge >= 0.3 is 0 Å². The van der Waals surface area contributed by atoms with Crippen LogP contribution in [0.3, 0.4) is 0 Å². The van der Waals surface area contributed by atoms with Gasteiger partial charge in [0.05, 0.1) is 6.07 Å². The molecule has 1 heterocycles. The maximum atomic E-state index is 12.1. The summed E-state index contributed by atoms with van der Waals surface area (Å²) in [4.78, 5) is 14.4. The van der Waals surface area contributed by atoms with Crippen molar-refractivity contribution in [2.45, 2.75) is 56.9 Å². The molecule has 106 valence electrons. The Bertz CT molecular complexity index is 347. The van der Waals surface area contributed by atoms with Crippen molar-refractivity contribution in [1.82, 2.24) is 10.2 Å². The number of carbonyl (C=O) groups excluding carboxylic acids is 1. The van der Waals surface area contributed by atoms with Crippen LogP contribution in [0.15, 0.2) is 0 Å². The lowest BCUT2D eigenvalue weighted by atomic mass is 9.85. The van der Waals surface area contributed by atoms with Crippen LogP contribution in [0.2, 0.25) is 0 Å². The predicted molar refractivity (Wildman–Crippen MR) is 74.4 cm³/mol. The Morgan fingerprint density at radius 2 is 1.95 bits per heavy atom. The highest BCUT2D eigenvalue weighted by atomic mass is 16.1. The molecular weight excluding hydrogens is 238 g/mol. The van der Waals surface area contributed by atoms with Crippen molar-refractivity contribution < 1.29 is 4.79 Å². The molecule has 2 fully saturated rings. The molecule has 0 aromatic carbocycles. The van der Waals surface area contributed by atoms with Crippen LogP contribution in [0.25, 0.3) is 0 Å². The van der Waals surface area contributed by atoms with E-state index >= 15 is 0 Å². The van der Waals surface area contributed by atoms with Crippen molar-refractivity contribution in [3.8, 4) is 6.07 Å². The van der Waals surface area contributed by atoms with E-state index in [1.807, 2.05) is 0 Å². The van der Waals surface area contributed by atoms with Crippen molar-refractivity contribution in [3.63, 3.8) is 0 Å². The van der Waals surface area contributed by atoms with E-state index in [1.54, 1.807) is 0 Å². The number of nitriles is 1. The molecule has 0 aromatic rings. The van der Waals surface area contributed by atoms with Gasteiger partial charge in [0.2, 0.25) is 5.91 Å². The molecule has 1 saturated carbocycles. The van der Waals surface area contributed by atoms with E-state index in [1.165, 1.54) is 32.1 Å². The first-order valence-corrected chi connectivity index (χ1v) is 7.54. The van der Waals surface area contributed by atoms with Crippen LogP contribution in [0.4, 0.5) is 0 Å². The number of carbonyl (C=O) groups is 1. The van der Waals surface area contributed by atoms with Gasteiger partial charge in [-0.2, -0.15) is 5.26 Å². The summed E-state index contributed by atoms with van der Waals surface area (Å²) < 4.78 is 0. The number of amides is 1. The van der Waals surface area contributed by atoms with E-state index in [9.17, 15) is 10.1 Å². The predicted octanol–water partition coefficient (Wildman–Crippen LogP) is 2.06. The topological polar surface area (TPSA) is 56.1 Å². The standard InChI is InChI=1S/C15H25N3O/c1-18-9-7-15(12-16,8-10-18)17-14(19)11-13-5-3-2-4-6-13/h13H,2-11H2,1H3,(H,17,19). The second-order valence-electron chi connectivity index (χ2n) is 6.25. The van der Waals surface area contributed by atoms with E-state index in [0.29, 0.717) is 12.3 Å². The first kappa shape index (κ1) is 14.3. The van der Waals surface area contributed by atoms with E-state index in [2.05, 4.69) is 23.3 Å². The molecule has 1 amide bonds. The minimum atomic E-state index is -0.613. The van der Waals surface area contributed by atoms with Gasteiger partial charge in [-0.3, -0.25) is 4.79 Å². The number of hydrogen-bond acceptors (Lipinski definition) is 3. The molecule has 1 aliphatic heterocycles. The molecule has 1 aliphatic carbocycles. The zero-order chi connectivity index (χ0) is 13.7. The number of nitrogens with zero attached hydrogens (tertiary/aromatic N) is 2. The third-order valence-corrected chi connectivity index (χ3v) is 4.63. The quantitative estimate of drug-likeness (QED) is 0.848. The smallest absolute Gasteiger partial charge is 0.221 e. The summed E-state index contributed by atoms with van der Waals surface area (Å²) in [6.45, 7) is 1.77. The van der Waals surface area contributed by atoms with E-state index < -0.39 is 5.54 Å². The van der Waals surface area contributed by atoms with Gasteiger partial charge in [0, 0.05) is 19.5 Å². The summed E-state index contributed by atoms with van der Waals surface area (Å²) in [5.41, 5.74) is -0.613. The van der Waals surface area contributed by atoms with Crippen LogP contribution < -0.4 is 5.32 Å². The van der Waals surface area contributed by atoms with Gasteiger partial charge in [0.1, 0.15) is 5.54 Å². The van der Waals surface area contributed by atoms with Gasteiger partial charge in [-0.15, -0.1) is 0 Å². The Morgan fingerprint density at radius 3 is 2.53 bits per heavy atom. The molecule has 0 bridgehead atoms. The molecular formula is C15H25N3O. The Morgan fingerprint density at radius 1 is 1.32 bits per heavy atom. The number of hydrogen-bond donors (Lipinski definition) is 1. The minimum absolute atomic E-state index is 0.0815. The highest BCUT2D eigenvalue weighted by molar-refractivity contribution is 5.77. The van der Waals surface area contributed by atoms with Gasteiger partial charge in [-0.25, -0.2) is 0 Å². The average Bonchev–Trinajstić information content (AvgIpc) is 2.43. The van der Waals surface area contributed by atoms with Crippen molar-refractivity contribution in [1.29, 1.82) is 5.26 Å². The molecule has 19 heavy (non-hydrogen) atoms. The fourth-order valence-corrected chi connectivity index (χ4v) is 3.24. The Kier molecular flexibility index (Phi) is 4.81. The normalized spacial score (nSPS) is 24.6. The van der Waals surface area contributed by atoms with E-state index in [4.69, 9.17) is 0 Å². The number of likely N-dealkylation sites (tertiary alicyclic amines) is 1. The van der Waals surface area contributed by atoms with Gasteiger partial charge < -0.3 is 10.2 Å². The van der Waals surface area contributed by atoms with Crippen LogP contribution >= 0.6 is 0 Å². The summed E-state index contributed by atoms with van der Waals surface area (Å²) in [6, 6.07) is 2.35. The highest BCUT2D eigenvalue weighted by Crippen LogP contribution is 2.27. The first-order valence-electron chi connectivity index (χ1n) is 7.54. The highest BCUT2D eigenvalue weighted by Gasteiger charge is 2.35. The van der Waals surface area contributed by atoms with Gasteiger partial charge in [0.15, 0.2) is 0 Å². The van der Waals surface area contributed by atoms with Crippen LogP contribution in [0, 0.1) is 17.2 Å². The lowest BCUT2D eigenvalue weighted by Gasteiger charge is -2.36. The molecule has 1 N–H and O–H groups in total. The van der Waals surface area contributed by atoms with Crippen LogP contribution in [0.1, 0.15) is 51.4 Å².